The Bertz CT molecular complexity index is 889. The molecule has 1 amide bonds. The second-order valence-electron chi connectivity index (χ2n) is 7.20. The average Bonchev–Trinajstić information content (AvgIpc) is 2.91. The van der Waals surface area contributed by atoms with E-state index in [4.69, 9.17) is 4.74 Å². The number of carbonyl (C=O) groups excluding carboxylic acids is 1. The van der Waals surface area contributed by atoms with Gasteiger partial charge in [0.2, 0.25) is 6.41 Å². The maximum absolute atomic E-state index is 10.5. The van der Waals surface area contributed by atoms with Crippen LogP contribution in [-0.4, -0.2) is 36.3 Å². The zero-order valence-corrected chi connectivity index (χ0v) is 22.0. The van der Waals surface area contributed by atoms with Crippen molar-refractivity contribution in [1.82, 2.24) is 15.6 Å². The summed E-state index contributed by atoms with van der Waals surface area (Å²) in [5.74, 6) is 8.31. The fraction of sp³-hybridized carbons (Fsp3) is 0.379. The fourth-order valence-corrected chi connectivity index (χ4v) is 3.38. The summed E-state index contributed by atoms with van der Waals surface area (Å²) in [7, 11) is 0. The van der Waals surface area contributed by atoms with Crippen LogP contribution in [0.1, 0.15) is 45.6 Å². The zero-order valence-electron chi connectivity index (χ0n) is 21.2. The molecule has 0 bridgehead atoms. The normalized spacial score (nSPS) is 15.6. The highest BCUT2D eigenvalue weighted by Gasteiger charge is 2.14. The molecule has 0 radical (unpaired) electrons. The average molecular weight is 494 g/mol. The molecule has 1 unspecified atom stereocenters. The maximum atomic E-state index is 10.5. The van der Waals surface area contributed by atoms with E-state index in [9.17, 15) is 4.79 Å². The molecule has 6 heteroatoms. The van der Waals surface area contributed by atoms with Crippen molar-refractivity contribution in [1.29, 1.82) is 0 Å². The van der Waals surface area contributed by atoms with Gasteiger partial charge in [0, 0.05) is 23.9 Å². The maximum Gasteiger partial charge on any atom is 0.211 e. The Morgan fingerprint density at radius 1 is 1.31 bits per heavy atom. The molecule has 1 fully saturated rings. The molecule has 0 saturated carbocycles. The molecule has 0 aliphatic carbocycles. The van der Waals surface area contributed by atoms with Crippen LogP contribution in [0.2, 0.25) is 0 Å². The number of hydrogen-bond donors (Lipinski definition) is 2. The number of thioether (sulfide) groups is 1. The zero-order chi connectivity index (χ0) is 25.4. The molecule has 1 aromatic heterocycles. The lowest BCUT2D eigenvalue weighted by Crippen LogP contribution is -2.32. The Labute approximate surface area is 215 Å². The molecular weight excluding hydrogens is 454 g/mol. The molecule has 1 aliphatic heterocycles. The van der Waals surface area contributed by atoms with E-state index in [0.717, 1.165) is 43.0 Å². The number of piperidine rings is 1. The lowest BCUT2D eigenvalue weighted by Gasteiger charge is -2.24. The quantitative estimate of drug-likeness (QED) is 0.168. The molecule has 2 N–H and O–H groups in total. The highest BCUT2D eigenvalue weighted by atomic mass is 32.2. The summed E-state index contributed by atoms with van der Waals surface area (Å²) in [5, 5.41) is 7.99. The van der Waals surface area contributed by atoms with Crippen LogP contribution in [0.25, 0.3) is 0 Å². The molecule has 1 aromatic rings. The van der Waals surface area contributed by atoms with Gasteiger partial charge in [0.15, 0.2) is 0 Å². The van der Waals surface area contributed by atoms with E-state index < -0.39 is 0 Å². The van der Waals surface area contributed by atoms with Crippen molar-refractivity contribution >= 4 is 18.2 Å². The molecule has 1 atom stereocenters. The number of hydrogen-bond acceptors (Lipinski definition) is 5. The first-order valence-electron chi connectivity index (χ1n) is 12.3. The number of amides is 1. The number of ether oxygens (including phenoxy) is 1. The SMILES string of the molecule is CC.CCS\C=C/C=C/C=C(/C=C/C(C#Cc1cccnc1)C/C=C/NC=O)OC1CCNCC1. The highest BCUT2D eigenvalue weighted by Crippen LogP contribution is 2.16. The third kappa shape index (κ3) is 15.5. The molecule has 0 spiro atoms. The van der Waals surface area contributed by atoms with Crippen LogP contribution >= 0.6 is 11.8 Å². The van der Waals surface area contributed by atoms with Crippen LogP contribution in [0, 0.1) is 17.8 Å². The monoisotopic (exact) mass is 493 g/mol. The van der Waals surface area contributed by atoms with Gasteiger partial charge in [-0.1, -0.05) is 63.0 Å². The van der Waals surface area contributed by atoms with Crippen molar-refractivity contribution in [2.45, 2.75) is 46.1 Å². The summed E-state index contributed by atoms with van der Waals surface area (Å²) in [6.45, 7) is 8.08. The smallest absolute Gasteiger partial charge is 0.211 e. The van der Waals surface area contributed by atoms with Crippen LogP contribution in [0.5, 0.6) is 0 Å². The lowest BCUT2D eigenvalue weighted by molar-refractivity contribution is -0.108. The van der Waals surface area contributed by atoms with E-state index in [0.29, 0.717) is 12.8 Å². The predicted octanol–water partition coefficient (Wildman–Crippen LogP) is 5.76. The van der Waals surface area contributed by atoms with E-state index in [-0.39, 0.29) is 12.0 Å². The van der Waals surface area contributed by atoms with Gasteiger partial charge in [0.05, 0.1) is 0 Å². The number of aromatic nitrogens is 1. The van der Waals surface area contributed by atoms with Crippen molar-refractivity contribution in [3.63, 3.8) is 0 Å². The summed E-state index contributed by atoms with van der Waals surface area (Å²) in [6.07, 6.45) is 22.6. The summed E-state index contributed by atoms with van der Waals surface area (Å²) in [4.78, 5) is 14.6. The van der Waals surface area contributed by atoms with Crippen LogP contribution < -0.4 is 10.6 Å². The van der Waals surface area contributed by atoms with Crippen molar-refractivity contribution in [2.24, 2.45) is 5.92 Å². The molecule has 2 rings (SSSR count). The Morgan fingerprint density at radius 2 is 2.14 bits per heavy atom. The van der Waals surface area contributed by atoms with Gasteiger partial charge in [-0.25, -0.2) is 0 Å². The largest absolute Gasteiger partial charge is 0.490 e. The second kappa shape index (κ2) is 21.5. The molecular formula is C29H39N3O2S. The molecule has 0 aromatic carbocycles. The first-order valence-corrected chi connectivity index (χ1v) is 13.3. The minimum absolute atomic E-state index is 0.0419. The first-order chi connectivity index (χ1) is 17.3. The molecule has 1 saturated heterocycles. The van der Waals surface area contributed by atoms with E-state index in [1.807, 2.05) is 62.4 Å². The Morgan fingerprint density at radius 3 is 2.86 bits per heavy atom. The number of allylic oxidation sites excluding steroid dienone is 7. The molecule has 2 heterocycles. The van der Waals surface area contributed by atoms with Crippen molar-refractivity contribution in [3.8, 4) is 11.8 Å². The van der Waals surface area contributed by atoms with Crippen molar-refractivity contribution < 1.29 is 9.53 Å². The standard InChI is InChI=1S/C27H33N3O2S.C2H6/c1-2-33-21-5-3-4-10-26(32-27-15-19-28-20-16-27)14-13-24(8-6-18-30-23-31)11-12-25-9-7-17-29-22-25;1-2/h3-7,9-10,13-14,17-18,21-24,27-28H,2,8,15-16,19-20H2,1H3,(H,30,31);1-2H3/b4-3+,14-13+,18-6+,21-5-,26-10-;. The third-order valence-electron chi connectivity index (χ3n) is 4.64. The van der Waals surface area contributed by atoms with Crippen LogP contribution in [0.3, 0.4) is 0 Å². The van der Waals surface area contributed by atoms with E-state index in [2.05, 4.69) is 45.9 Å². The van der Waals surface area contributed by atoms with Crippen LogP contribution in [0.15, 0.2) is 84.4 Å². The van der Waals surface area contributed by atoms with Crippen molar-refractivity contribution in [2.75, 3.05) is 18.8 Å². The molecule has 188 valence electrons. The summed E-state index contributed by atoms with van der Waals surface area (Å²) < 4.78 is 6.29. The number of rotatable bonds is 12. The minimum atomic E-state index is -0.0419. The molecule has 35 heavy (non-hydrogen) atoms. The van der Waals surface area contributed by atoms with E-state index >= 15 is 0 Å². The lowest BCUT2D eigenvalue weighted by atomic mass is 10.0. The third-order valence-corrected chi connectivity index (χ3v) is 5.32. The van der Waals surface area contributed by atoms with Gasteiger partial charge in [-0.15, -0.1) is 11.8 Å². The molecule has 5 nitrogen and oxygen atoms in total. The molecule has 1 aliphatic rings. The van der Waals surface area contributed by atoms with Crippen LogP contribution in [-0.2, 0) is 9.53 Å². The van der Waals surface area contributed by atoms with Crippen molar-refractivity contribution in [3.05, 3.63) is 90.0 Å². The summed E-state index contributed by atoms with van der Waals surface area (Å²) in [5.41, 5.74) is 0.868. The minimum Gasteiger partial charge on any atom is -0.490 e. The second-order valence-corrected chi connectivity index (χ2v) is 8.39. The predicted molar refractivity (Wildman–Crippen MR) is 150 cm³/mol. The van der Waals surface area contributed by atoms with Gasteiger partial charge in [0.25, 0.3) is 0 Å². The van der Waals surface area contributed by atoms with Gasteiger partial charge >= 0.3 is 0 Å². The number of carbonyl (C=O) groups is 1. The Balaban J connectivity index is 0.00000298. The fourth-order valence-electron chi connectivity index (χ4n) is 2.98. The van der Waals surface area contributed by atoms with Gasteiger partial charge in [-0.3, -0.25) is 9.78 Å². The first kappa shape index (κ1) is 30.0. The number of pyridine rings is 1. The number of nitrogens with one attached hydrogen (secondary N) is 2. The van der Waals surface area contributed by atoms with Crippen LogP contribution in [0.4, 0.5) is 0 Å². The summed E-state index contributed by atoms with van der Waals surface area (Å²) >= 11 is 1.77. The van der Waals surface area contributed by atoms with Gasteiger partial charge in [-0.2, -0.15) is 0 Å². The van der Waals surface area contributed by atoms with Gasteiger partial charge in [-0.05, 0) is 74.0 Å². The topological polar surface area (TPSA) is 63.2 Å². The summed E-state index contributed by atoms with van der Waals surface area (Å²) in [6, 6.07) is 3.81. The van der Waals surface area contributed by atoms with Gasteiger partial charge < -0.3 is 15.4 Å². The van der Waals surface area contributed by atoms with E-state index in [1.165, 1.54) is 0 Å². The van der Waals surface area contributed by atoms with E-state index in [1.54, 1.807) is 30.4 Å². The van der Waals surface area contributed by atoms with Gasteiger partial charge in [0.1, 0.15) is 11.9 Å². The number of nitrogens with zero attached hydrogens (tertiary/aromatic N) is 1. The highest BCUT2D eigenvalue weighted by molar-refractivity contribution is 8.02. The Kier molecular flexibility index (Phi) is 18.5. The Hall–Kier alpha value is -3.01.